The van der Waals surface area contributed by atoms with E-state index in [0.717, 1.165) is 18.4 Å². The van der Waals surface area contributed by atoms with Crippen LogP contribution in [0.4, 0.5) is 0 Å². The van der Waals surface area contributed by atoms with Crippen molar-refractivity contribution in [3.63, 3.8) is 0 Å². The van der Waals surface area contributed by atoms with Crippen LogP contribution >= 0.6 is 0 Å². The number of aliphatic hydroxyl groups is 1. The van der Waals surface area contributed by atoms with E-state index in [4.69, 9.17) is 0 Å². The summed E-state index contributed by atoms with van der Waals surface area (Å²) in [5.41, 5.74) is -0.0537. The van der Waals surface area contributed by atoms with Crippen molar-refractivity contribution in [2.75, 3.05) is 20.2 Å². The van der Waals surface area contributed by atoms with Gasteiger partial charge < -0.3 is 15.3 Å². The lowest BCUT2D eigenvalue weighted by molar-refractivity contribution is 0.157. The van der Waals surface area contributed by atoms with Crippen molar-refractivity contribution in [2.45, 2.75) is 76.4 Å². The lowest BCUT2D eigenvalue weighted by Gasteiger charge is -2.30. The van der Waals surface area contributed by atoms with Gasteiger partial charge in [0.15, 0.2) is 0 Å². The third-order valence-electron chi connectivity index (χ3n) is 4.97. The molecule has 2 unspecified atom stereocenters. The first kappa shape index (κ1) is 15.3. The van der Waals surface area contributed by atoms with Gasteiger partial charge in [0.25, 0.3) is 0 Å². The third kappa shape index (κ3) is 5.05. The quantitative estimate of drug-likeness (QED) is 0.597. The lowest BCUT2D eigenvalue weighted by atomic mass is 9.95. The second kappa shape index (κ2) is 6.55. The Morgan fingerprint density at radius 2 is 1.95 bits per heavy atom. The van der Waals surface area contributed by atoms with Crippen molar-refractivity contribution in [1.29, 1.82) is 0 Å². The van der Waals surface area contributed by atoms with Gasteiger partial charge in [0.05, 0.1) is 6.61 Å². The van der Waals surface area contributed by atoms with Crippen molar-refractivity contribution in [3.05, 3.63) is 0 Å². The number of aliphatic hydroxyl groups excluding tert-OH is 1. The molecule has 19 heavy (non-hydrogen) atoms. The second-order valence-electron chi connectivity index (χ2n) is 7.15. The minimum absolute atomic E-state index is 0.0537. The molecule has 2 fully saturated rings. The van der Waals surface area contributed by atoms with Crippen molar-refractivity contribution < 1.29 is 5.11 Å². The first-order chi connectivity index (χ1) is 9.04. The van der Waals surface area contributed by atoms with Crippen LogP contribution in [-0.2, 0) is 0 Å². The number of hydrogen-bond acceptors (Lipinski definition) is 3. The summed E-state index contributed by atoms with van der Waals surface area (Å²) in [5.74, 6) is 0.962. The predicted octanol–water partition coefficient (Wildman–Crippen LogP) is 2.39. The molecule has 0 spiro atoms. The second-order valence-corrected chi connectivity index (χ2v) is 7.15. The molecule has 0 bridgehead atoms. The van der Waals surface area contributed by atoms with Gasteiger partial charge in [0.2, 0.25) is 0 Å². The lowest BCUT2D eigenvalue weighted by Crippen LogP contribution is -2.47. The minimum Gasteiger partial charge on any atom is -0.394 e. The van der Waals surface area contributed by atoms with Crippen molar-refractivity contribution >= 4 is 0 Å². The van der Waals surface area contributed by atoms with Crippen LogP contribution in [0.25, 0.3) is 0 Å². The first-order valence-corrected chi connectivity index (χ1v) is 8.13. The topological polar surface area (TPSA) is 35.5 Å². The van der Waals surface area contributed by atoms with Gasteiger partial charge in [-0.15, -0.1) is 0 Å². The van der Waals surface area contributed by atoms with Gasteiger partial charge in [-0.05, 0) is 71.9 Å². The summed E-state index contributed by atoms with van der Waals surface area (Å²) in [7, 11) is 2.26. The summed E-state index contributed by atoms with van der Waals surface area (Å²) in [6.45, 7) is 5.99. The van der Waals surface area contributed by atoms with Gasteiger partial charge in [-0.2, -0.15) is 0 Å². The van der Waals surface area contributed by atoms with Crippen LogP contribution in [-0.4, -0.2) is 47.8 Å². The summed E-state index contributed by atoms with van der Waals surface area (Å²) in [5, 5.41) is 13.2. The number of rotatable bonds is 10. The Morgan fingerprint density at radius 3 is 2.47 bits per heavy atom. The molecule has 0 aliphatic heterocycles. The van der Waals surface area contributed by atoms with E-state index in [9.17, 15) is 5.11 Å². The molecule has 0 saturated heterocycles. The monoisotopic (exact) mass is 268 g/mol. The maximum absolute atomic E-state index is 9.57. The number of nitrogens with zero attached hydrogens (tertiary/aromatic N) is 1. The van der Waals surface area contributed by atoms with Crippen LogP contribution < -0.4 is 5.32 Å². The van der Waals surface area contributed by atoms with E-state index >= 15 is 0 Å². The molecule has 0 heterocycles. The Balaban J connectivity index is 1.58. The van der Waals surface area contributed by atoms with E-state index in [-0.39, 0.29) is 12.1 Å². The van der Waals surface area contributed by atoms with Gasteiger partial charge in [0, 0.05) is 17.6 Å². The third-order valence-corrected chi connectivity index (χ3v) is 4.97. The number of hydrogen-bond donors (Lipinski definition) is 2. The summed E-state index contributed by atoms with van der Waals surface area (Å²) in [6, 6.07) is 1.43. The highest BCUT2D eigenvalue weighted by Gasteiger charge is 2.32. The summed E-state index contributed by atoms with van der Waals surface area (Å²) in [6.07, 6.45) is 8.98. The molecule has 2 N–H and O–H groups in total. The molecule has 112 valence electrons. The molecule has 0 aromatic rings. The molecular weight excluding hydrogens is 236 g/mol. The Hall–Kier alpha value is -0.120. The molecule has 0 aromatic heterocycles. The predicted molar refractivity (Wildman–Crippen MR) is 80.3 cm³/mol. The van der Waals surface area contributed by atoms with Gasteiger partial charge in [-0.3, -0.25) is 0 Å². The van der Waals surface area contributed by atoms with Gasteiger partial charge in [0.1, 0.15) is 0 Å². The molecule has 3 heteroatoms. The van der Waals surface area contributed by atoms with Gasteiger partial charge in [-0.25, -0.2) is 0 Å². The standard InChI is InChI=1S/C16H32N2O/c1-13(14-6-7-14)18(3)11-5-4-10-16(2,12-19)17-15-8-9-15/h13-15,17,19H,4-12H2,1-3H3. The fourth-order valence-corrected chi connectivity index (χ4v) is 2.94. The van der Waals surface area contributed by atoms with Crippen molar-refractivity contribution in [3.8, 4) is 0 Å². The maximum Gasteiger partial charge on any atom is 0.0610 e. The summed E-state index contributed by atoms with van der Waals surface area (Å²) < 4.78 is 0. The molecule has 0 amide bonds. The Labute approximate surface area is 118 Å². The number of unbranched alkanes of at least 4 members (excludes halogenated alkanes) is 1. The average molecular weight is 268 g/mol. The zero-order valence-electron chi connectivity index (χ0n) is 13.0. The van der Waals surface area contributed by atoms with Gasteiger partial charge in [-0.1, -0.05) is 6.42 Å². The largest absolute Gasteiger partial charge is 0.394 e. The number of nitrogens with one attached hydrogen (secondary N) is 1. The Morgan fingerprint density at radius 1 is 1.26 bits per heavy atom. The van der Waals surface area contributed by atoms with E-state index in [1.807, 2.05) is 0 Å². The van der Waals surface area contributed by atoms with E-state index in [2.05, 4.69) is 31.1 Å². The summed E-state index contributed by atoms with van der Waals surface area (Å²) >= 11 is 0. The van der Waals surface area contributed by atoms with Crippen LogP contribution in [0.2, 0.25) is 0 Å². The SMILES string of the molecule is CC(C1CC1)N(C)CCCCC(C)(CO)NC1CC1. The van der Waals surface area contributed by atoms with Crippen LogP contribution in [0.5, 0.6) is 0 Å². The fourth-order valence-electron chi connectivity index (χ4n) is 2.94. The van der Waals surface area contributed by atoms with Crippen LogP contribution in [0, 0.1) is 5.92 Å². The van der Waals surface area contributed by atoms with Crippen molar-refractivity contribution in [1.82, 2.24) is 10.2 Å². The van der Waals surface area contributed by atoms with E-state index in [1.54, 1.807) is 0 Å². The zero-order chi connectivity index (χ0) is 13.9. The Bertz CT molecular complexity index is 276. The molecule has 0 radical (unpaired) electrons. The highest BCUT2D eigenvalue weighted by Crippen LogP contribution is 2.34. The van der Waals surface area contributed by atoms with E-state index in [0.29, 0.717) is 6.04 Å². The molecule has 2 aliphatic rings. The molecule has 2 rings (SSSR count). The smallest absolute Gasteiger partial charge is 0.0610 e. The van der Waals surface area contributed by atoms with Crippen LogP contribution in [0.3, 0.4) is 0 Å². The van der Waals surface area contributed by atoms with E-state index < -0.39 is 0 Å². The summed E-state index contributed by atoms with van der Waals surface area (Å²) in [4.78, 5) is 2.52. The van der Waals surface area contributed by atoms with Crippen molar-refractivity contribution in [2.24, 2.45) is 5.92 Å². The van der Waals surface area contributed by atoms with E-state index in [1.165, 1.54) is 45.1 Å². The zero-order valence-corrected chi connectivity index (χ0v) is 13.0. The normalized spacial score (nSPS) is 24.5. The first-order valence-electron chi connectivity index (χ1n) is 8.13. The molecule has 2 saturated carbocycles. The van der Waals surface area contributed by atoms with Crippen LogP contribution in [0.1, 0.15) is 58.8 Å². The highest BCUT2D eigenvalue weighted by molar-refractivity contribution is 4.92. The van der Waals surface area contributed by atoms with Crippen LogP contribution in [0.15, 0.2) is 0 Å². The Kier molecular flexibility index (Phi) is 5.27. The molecular formula is C16H32N2O. The maximum atomic E-state index is 9.57. The van der Waals surface area contributed by atoms with Gasteiger partial charge >= 0.3 is 0 Å². The molecule has 2 atom stereocenters. The fraction of sp³-hybridized carbons (Fsp3) is 1.00. The molecule has 3 nitrogen and oxygen atoms in total. The average Bonchev–Trinajstić information content (AvgIpc) is 3.26. The molecule has 2 aliphatic carbocycles. The highest BCUT2D eigenvalue weighted by atomic mass is 16.3. The molecule has 0 aromatic carbocycles. The minimum atomic E-state index is -0.0537.